The molecule has 1 aliphatic heterocycles. The summed E-state index contributed by atoms with van der Waals surface area (Å²) < 4.78 is 6.66. The largest absolute Gasteiger partial charge is 0.493 e. The smallest absolute Gasteiger partial charge is 0.410 e. The van der Waals surface area contributed by atoms with E-state index in [9.17, 15) is 14.7 Å². The van der Waals surface area contributed by atoms with Crippen molar-refractivity contribution in [1.82, 2.24) is 14.5 Å². The lowest BCUT2D eigenvalue weighted by Crippen LogP contribution is -2.40. The second kappa shape index (κ2) is 5.35. The Morgan fingerprint density at radius 2 is 2.05 bits per heavy atom. The van der Waals surface area contributed by atoms with Gasteiger partial charge in [-0.3, -0.25) is 9.55 Å². The van der Waals surface area contributed by atoms with Crippen LogP contribution in [-0.4, -0.2) is 32.2 Å². The third-order valence-corrected chi connectivity index (χ3v) is 3.47. The number of aromatic amines is 1. The van der Waals surface area contributed by atoms with Crippen LogP contribution in [0.15, 0.2) is 35.1 Å². The predicted molar refractivity (Wildman–Crippen MR) is 73.8 cm³/mol. The summed E-state index contributed by atoms with van der Waals surface area (Å²) in [5.41, 5.74) is 0.951. The molecule has 1 aromatic heterocycles. The molecule has 0 saturated carbocycles. The van der Waals surface area contributed by atoms with E-state index in [1.807, 2.05) is 30.3 Å². The van der Waals surface area contributed by atoms with Crippen LogP contribution in [0, 0.1) is 0 Å². The second-order valence-electron chi connectivity index (χ2n) is 4.84. The summed E-state index contributed by atoms with van der Waals surface area (Å²) in [4.78, 5) is 27.3. The lowest BCUT2D eigenvalue weighted by atomic mass is 10.2. The minimum absolute atomic E-state index is 0.151. The molecule has 1 amide bonds. The second-order valence-corrected chi connectivity index (χ2v) is 4.84. The third kappa shape index (κ3) is 2.62. The van der Waals surface area contributed by atoms with Crippen molar-refractivity contribution in [3.8, 4) is 5.88 Å². The van der Waals surface area contributed by atoms with Crippen molar-refractivity contribution in [2.45, 2.75) is 19.7 Å². The van der Waals surface area contributed by atoms with Gasteiger partial charge in [0, 0.05) is 13.1 Å². The van der Waals surface area contributed by atoms with Crippen molar-refractivity contribution in [2.75, 3.05) is 6.54 Å². The summed E-state index contributed by atoms with van der Waals surface area (Å²) in [6.45, 7) is 1.06. The molecular formula is C14H15N3O4. The van der Waals surface area contributed by atoms with Gasteiger partial charge in [0.2, 0.25) is 5.88 Å². The van der Waals surface area contributed by atoms with Gasteiger partial charge in [0.15, 0.2) is 0 Å². The molecule has 0 radical (unpaired) electrons. The molecule has 1 aliphatic rings. The molecule has 21 heavy (non-hydrogen) atoms. The van der Waals surface area contributed by atoms with Crippen LogP contribution in [0.3, 0.4) is 0 Å². The molecule has 110 valence electrons. The average Bonchev–Trinajstić information content (AvgIpc) is 2.80. The first-order chi connectivity index (χ1) is 10.1. The van der Waals surface area contributed by atoms with Gasteiger partial charge in [0.05, 0.1) is 6.54 Å². The van der Waals surface area contributed by atoms with Gasteiger partial charge in [0.25, 0.3) is 0 Å². The van der Waals surface area contributed by atoms with Crippen molar-refractivity contribution in [3.63, 3.8) is 0 Å². The molecule has 0 aliphatic carbocycles. The molecule has 2 heterocycles. The highest BCUT2D eigenvalue weighted by Crippen LogP contribution is 2.19. The quantitative estimate of drug-likeness (QED) is 0.864. The van der Waals surface area contributed by atoms with Crippen LogP contribution in [0.5, 0.6) is 5.88 Å². The number of carbonyl (C=O) groups is 1. The van der Waals surface area contributed by atoms with Gasteiger partial charge in [-0.1, -0.05) is 30.3 Å². The van der Waals surface area contributed by atoms with Crippen LogP contribution >= 0.6 is 0 Å². The van der Waals surface area contributed by atoms with Gasteiger partial charge < -0.3 is 14.7 Å². The zero-order valence-electron chi connectivity index (χ0n) is 11.3. The molecule has 2 N–H and O–H groups in total. The summed E-state index contributed by atoms with van der Waals surface area (Å²) in [5.74, 6) is -0.194. The number of H-pyrrole nitrogens is 1. The number of nitrogens with zero attached hydrogens (tertiary/aromatic N) is 2. The minimum Gasteiger partial charge on any atom is -0.493 e. The molecule has 2 aromatic rings. The molecule has 0 spiro atoms. The van der Waals surface area contributed by atoms with E-state index in [2.05, 4.69) is 4.98 Å². The SMILES string of the molecule is O=C(OCc1ccccc1)N1CCn2c(c(O)[nH]c2=O)C1. The van der Waals surface area contributed by atoms with Crippen LogP contribution in [0.1, 0.15) is 11.3 Å². The number of ether oxygens (including phenoxy) is 1. The third-order valence-electron chi connectivity index (χ3n) is 3.47. The number of rotatable bonds is 2. The lowest BCUT2D eigenvalue weighted by Gasteiger charge is -2.26. The van der Waals surface area contributed by atoms with Crippen molar-refractivity contribution in [3.05, 3.63) is 52.1 Å². The molecule has 0 fully saturated rings. The highest BCUT2D eigenvalue weighted by Gasteiger charge is 2.26. The van der Waals surface area contributed by atoms with Crippen LogP contribution < -0.4 is 5.69 Å². The van der Waals surface area contributed by atoms with Crippen molar-refractivity contribution >= 4 is 6.09 Å². The van der Waals surface area contributed by atoms with Gasteiger partial charge >= 0.3 is 11.8 Å². The zero-order valence-corrected chi connectivity index (χ0v) is 11.3. The van der Waals surface area contributed by atoms with E-state index in [-0.39, 0.29) is 24.7 Å². The Kier molecular flexibility index (Phi) is 3.39. The highest BCUT2D eigenvalue weighted by molar-refractivity contribution is 5.67. The van der Waals surface area contributed by atoms with E-state index >= 15 is 0 Å². The van der Waals surface area contributed by atoms with E-state index in [1.165, 1.54) is 9.47 Å². The number of amides is 1. The van der Waals surface area contributed by atoms with E-state index in [1.54, 1.807) is 0 Å². The first-order valence-electron chi connectivity index (χ1n) is 6.61. The Labute approximate surface area is 120 Å². The van der Waals surface area contributed by atoms with Crippen LogP contribution in [-0.2, 0) is 24.4 Å². The number of aromatic hydroxyl groups is 1. The predicted octanol–water partition coefficient (Wildman–Crippen LogP) is 1.03. The van der Waals surface area contributed by atoms with E-state index in [0.717, 1.165) is 5.56 Å². The molecule has 3 rings (SSSR count). The maximum Gasteiger partial charge on any atom is 0.410 e. The standard InChI is InChI=1S/C14H15N3O4/c18-12-11-8-16(6-7-17(11)13(19)15-12)14(20)21-9-10-4-2-1-3-5-10/h1-5,18H,6-9H2,(H,15,19). The Morgan fingerprint density at radius 1 is 1.29 bits per heavy atom. The maximum atomic E-state index is 12.0. The Balaban J connectivity index is 1.64. The molecule has 1 aromatic carbocycles. The first-order valence-corrected chi connectivity index (χ1v) is 6.61. The van der Waals surface area contributed by atoms with Gasteiger partial charge in [-0.15, -0.1) is 0 Å². The molecule has 7 heteroatoms. The summed E-state index contributed by atoms with van der Waals surface area (Å²) in [7, 11) is 0. The van der Waals surface area contributed by atoms with Crippen molar-refractivity contribution < 1.29 is 14.6 Å². The van der Waals surface area contributed by atoms with Crippen LogP contribution in [0.25, 0.3) is 0 Å². The molecule has 0 unspecified atom stereocenters. The number of aromatic nitrogens is 2. The monoisotopic (exact) mass is 289 g/mol. The Bertz CT molecular complexity index is 705. The van der Waals surface area contributed by atoms with Gasteiger partial charge in [-0.2, -0.15) is 0 Å². The van der Waals surface area contributed by atoms with Gasteiger partial charge in [-0.05, 0) is 5.56 Å². The number of imidazole rings is 1. The molecular weight excluding hydrogens is 274 g/mol. The highest BCUT2D eigenvalue weighted by atomic mass is 16.6. The Morgan fingerprint density at radius 3 is 2.81 bits per heavy atom. The van der Waals surface area contributed by atoms with Crippen molar-refractivity contribution in [1.29, 1.82) is 0 Å². The topological polar surface area (TPSA) is 87.6 Å². The Hall–Kier alpha value is -2.70. The average molecular weight is 289 g/mol. The number of hydrogen-bond donors (Lipinski definition) is 2. The number of fused-ring (bicyclic) bond motifs is 1. The van der Waals surface area contributed by atoms with E-state index in [4.69, 9.17) is 4.74 Å². The fraction of sp³-hybridized carbons (Fsp3) is 0.286. The molecule has 7 nitrogen and oxygen atoms in total. The maximum absolute atomic E-state index is 12.0. The van der Waals surface area contributed by atoms with Crippen LogP contribution in [0.4, 0.5) is 4.79 Å². The summed E-state index contributed by atoms with van der Waals surface area (Å²) >= 11 is 0. The van der Waals surface area contributed by atoms with Crippen LogP contribution in [0.2, 0.25) is 0 Å². The fourth-order valence-corrected chi connectivity index (χ4v) is 2.34. The van der Waals surface area contributed by atoms with Gasteiger partial charge in [0.1, 0.15) is 12.3 Å². The molecule has 0 bridgehead atoms. The number of carbonyl (C=O) groups excluding carboxylic acids is 1. The number of hydrogen-bond acceptors (Lipinski definition) is 4. The normalized spacial score (nSPS) is 13.8. The van der Waals surface area contributed by atoms with Gasteiger partial charge in [-0.25, -0.2) is 9.59 Å². The van der Waals surface area contributed by atoms with Crippen molar-refractivity contribution in [2.24, 2.45) is 0 Å². The summed E-state index contributed by atoms with van der Waals surface area (Å²) in [6.07, 6.45) is -0.460. The van der Waals surface area contributed by atoms with E-state index in [0.29, 0.717) is 18.8 Å². The number of benzene rings is 1. The molecule has 0 atom stereocenters. The zero-order chi connectivity index (χ0) is 14.8. The minimum atomic E-state index is -0.460. The van der Waals surface area contributed by atoms with E-state index < -0.39 is 6.09 Å². The fourth-order valence-electron chi connectivity index (χ4n) is 2.34. The molecule has 0 saturated heterocycles. The summed E-state index contributed by atoms with van der Waals surface area (Å²) in [5, 5.41) is 9.63. The lowest BCUT2D eigenvalue weighted by molar-refractivity contribution is 0.0863. The number of nitrogens with one attached hydrogen (secondary N) is 1. The first kappa shape index (κ1) is 13.3. The summed E-state index contributed by atoms with van der Waals surface area (Å²) in [6, 6.07) is 9.39.